The summed E-state index contributed by atoms with van der Waals surface area (Å²) < 4.78 is 5.22. The second-order valence-electron chi connectivity index (χ2n) is 8.49. The highest BCUT2D eigenvalue weighted by Crippen LogP contribution is 2.41. The van der Waals surface area contributed by atoms with Crippen LogP contribution in [0, 0.1) is 0 Å². The second kappa shape index (κ2) is 8.53. The van der Waals surface area contributed by atoms with Gasteiger partial charge < -0.3 is 9.64 Å². The Morgan fingerprint density at radius 3 is 2.23 bits per heavy atom. The van der Waals surface area contributed by atoms with E-state index < -0.39 is 5.41 Å². The van der Waals surface area contributed by atoms with E-state index in [9.17, 15) is 14.4 Å². The highest BCUT2D eigenvalue weighted by Gasteiger charge is 2.53. The summed E-state index contributed by atoms with van der Waals surface area (Å²) in [4.78, 5) is 41.8. The molecule has 0 N–H and O–H groups in total. The molecule has 31 heavy (non-hydrogen) atoms. The largest absolute Gasteiger partial charge is 0.497 e. The Kier molecular flexibility index (Phi) is 5.81. The van der Waals surface area contributed by atoms with E-state index >= 15 is 0 Å². The fourth-order valence-electron chi connectivity index (χ4n) is 4.82. The highest BCUT2D eigenvalue weighted by atomic mass is 16.5. The summed E-state index contributed by atoms with van der Waals surface area (Å²) >= 11 is 0. The van der Waals surface area contributed by atoms with Gasteiger partial charge in [-0.25, -0.2) is 0 Å². The van der Waals surface area contributed by atoms with Gasteiger partial charge in [0.2, 0.25) is 17.7 Å². The van der Waals surface area contributed by atoms with Gasteiger partial charge in [0.25, 0.3) is 0 Å². The van der Waals surface area contributed by atoms with Crippen molar-refractivity contribution in [1.82, 2.24) is 9.80 Å². The normalized spacial score (nSPS) is 22.1. The van der Waals surface area contributed by atoms with E-state index in [2.05, 4.69) is 12.1 Å². The van der Waals surface area contributed by atoms with Gasteiger partial charge in [-0.05, 0) is 42.0 Å². The zero-order valence-electron chi connectivity index (χ0n) is 18.0. The number of hydrogen-bond donors (Lipinski definition) is 0. The van der Waals surface area contributed by atoms with Crippen molar-refractivity contribution in [2.45, 2.75) is 37.0 Å². The van der Waals surface area contributed by atoms with Crippen LogP contribution in [0.5, 0.6) is 5.75 Å². The minimum atomic E-state index is -1.15. The van der Waals surface area contributed by atoms with E-state index in [1.54, 1.807) is 31.4 Å². The van der Waals surface area contributed by atoms with E-state index in [4.69, 9.17) is 4.74 Å². The predicted molar refractivity (Wildman–Crippen MR) is 117 cm³/mol. The lowest BCUT2D eigenvalue weighted by molar-refractivity contribution is -0.141. The van der Waals surface area contributed by atoms with E-state index in [0.29, 0.717) is 30.3 Å². The Morgan fingerprint density at radius 1 is 1.03 bits per heavy atom. The highest BCUT2D eigenvalue weighted by molar-refractivity contribution is 6.10. The number of methoxy groups -OCH3 is 1. The van der Waals surface area contributed by atoms with Crippen LogP contribution in [0.3, 0.4) is 0 Å². The zero-order valence-corrected chi connectivity index (χ0v) is 18.0. The monoisotopic (exact) mass is 420 g/mol. The molecule has 162 valence electrons. The lowest BCUT2D eigenvalue weighted by atomic mass is 9.75. The molecule has 2 aliphatic heterocycles. The number of likely N-dealkylation sites (N-methyl/N-ethyl adjacent to an activating group) is 1. The first-order valence-electron chi connectivity index (χ1n) is 10.7. The third kappa shape index (κ3) is 3.94. The molecule has 1 atom stereocenters. The van der Waals surface area contributed by atoms with Crippen molar-refractivity contribution in [2.75, 3.05) is 27.2 Å². The van der Waals surface area contributed by atoms with Crippen LogP contribution in [-0.4, -0.2) is 54.8 Å². The van der Waals surface area contributed by atoms with Gasteiger partial charge in [-0.2, -0.15) is 0 Å². The first kappa shape index (κ1) is 21.1. The Labute approximate surface area is 182 Å². The number of carbonyl (C=O) groups excluding carboxylic acids is 3. The molecule has 0 aromatic heterocycles. The third-order valence-electron chi connectivity index (χ3n) is 6.76. The molecule has 0 radical (unpaired) electrons. The minimum Gasteiger partial charge on any atom is -0.497 e. The van der Waals surface area contributed by atoms with Gasteiger partial charge in [0.05, 0.1) is 12.5 Å². The van der Waals surface area contributed by atoms with Crippen LogP contribution in [-0.2, 0) is 19.8 Å². The maximum atomic E-state index is 13.3. The zero-order chi connectivity index (χ0) is 22.0. The average Bonchev–Trinajstić information content (AvgIpc) is 3.04. The number of carbonyl (C=O) groups is 3. The van der Waals surface area contributed by atoms with Gasteiger partial charge >= 0.3 is 0 Å². The van der Waals surface area contributed by atoms with E-state index in [-0.39, 0.29) is 30.6 Å². The number of rotatable bonds is 5. The van der Waals surface area contributed by atoms with Crippen molar-refractivity contribution in [1.29, 1.82) is 0 Å². The van der Waals surface area contributed by atoms with Gasteiger partial charge in [-0.15, -0.1) is 0 Å². The maximum Gasteiger partial charge on any atom is 0.240 e. The number of benzene rings is 2. The van der Waals surface area contributed by atoms with Crippen molar-refractivity contribution < 1.29 is 19.1 Å². The van der Waals surface area contributed by atoms with Gasteiger partial charge in [0.15, 0.2) is 0 Å². The number of likely N-dealkylation sites (tertiary alicyclic amines) is 2. The molecule has 2 saturated heterocycles. The van der Waals surface area contributed by atoms with Gasteiger partial charge in [-0.1, -0.05) is 42.5 Å². The number of nitrogens with zero attached hydrogens (tertiary/aromatic N) is 2. The summed E-state index contributed by atoms with van der Waals surface area (Å²) in [5, 5.41) is 0. The molecule has 0 bridgehead atoms. The Balaban J connectivity index is 1.52. The van der Waals surface area contributed by atoms with Crippen LogP contribution in [0.1, 0.15) is 42.7 Å². The Morgan fingerprint density at radius 2 is 1.68 bits per heavy atom. The topological polar surface area (TPSA) is 66.9 Å². The molecular weight excluding hydrogens is 392 g/mol. The predicted octanol–water partition coefficient (Wildman–Crippen LogP) is 3.12. The summed E-state index contributed by atoms with van der Waals surface area (Å²) in [7, 11) is 3.07. The fourth-order valence-corrected chi connectivity index (χ4v) is 4.82. The molecule has 0 spiro atoms. The molecule has 2 aliphatic rings. The molecule has 6 nitrogen and oxygen atoms in total. The Bertz CT molecular complexity index is 965. The first-order chi connectivity index (χ1) is 14.9. The number of amides is 3. The molecule has 6 heteroatoms. The second-order valence-corrected chi connectivity index (χ2v) is 8.49. The van der Waals surface area contributed by atoms with Gasteiger partial charge in [0, 0.05) is 33.0 Å². The van der Waals surface area contributed by atoms with Crippen LogP contribution < -0.4 is 4.74 Å². The van der Waals surface area contributed by atoms with Crippen molar-refractivity contribution in [3.05, 3.63) is 65.7 Å². The summed E-state index contributed by atoms with van der Waals surface area (Å²) in [5.74, 6) is 0.477. The van der Waals surface area contributed by atoms with Crippen LogP contribution in [0.4, 0.5) is 0 Å². The third-order valence-corrected chi connectivity index (χ3v) is 6.76. The van der Waals surface area contributed by atoms with Gasteiger partial charge in [0.1, 0.15) is 5.75 Å². The number of piperidine rings is 1. The number of ether oxygens (including phenoxy) is 1. The number of imide groups is 1. The Hall–Kier alpha value is -3.15. The summed E-state index contributed by atoms with van der Waals surface area (Å²) in [6.45, 7) is 1.32. The molecule has 0 aliphatic carbocycles. The molecule has 2 fully saturated rings. The smallest absolute Gasteiger partial charge is 0.240 e. The molecule has 2 heterocycles. The van der Waals surface area contributed by atoms with Crippen molar-refractivity contribution in [3.63, 3.8) is 0 Å². The maximum absolute atomic E-state index is 13.3. The number of hydrogen-bond acceptors (Lipinski definition) is 4. The van der Waals surface area contributed by atoms with E-state index in [1.165, 1.54) is 12.6 Å². The van der Waals surface area contributed by atoms with Crippen molar-refractivity contribution in [3.8, 4) is 5.75 Å². The summed E-state index contributed by atoms with van der Waals surface area (Å²) in [6.07, 6.45) is 1.82. The minimum absolute atomic E-state index is 0.00421. The van der Waals surface area contributed by atoms with Crippen LogP contribution in [0.15, 0.2) is 54.6 Å². The van der Waals surface area contributed by atoms with Crippen LogP contribution in [0.25, 0.3) is 0 Å². The molecule has 4 rings (SSSR count). The SMILES string of the molecule is COc1ccc([C@]2(CC(=O)N3CCC(c4ccccc4)CC3)CC(=O)N(C)C2=O)cc1. The summed E-state index contributed by atoms with van der Waals surface area (Å²) in [6, 6.07) is 17.5. The molecular formula is C25H28N2O4. The molecule has 2 aromatic carbocycles. The van der Waals surface area contributed by atoms with Crippen molar-refractivity contribution in [2.24, 2.45) is 0 Å². The van der Waals surface area contributed by atoms with Crippen LogP contribution in [0.2, 0.25) is 0 Å². The summed E-state index contributed by atoms with van der Waals surface area (Å²) in [5.41, 5.74) is 0.844. The van der Waals surface area contributed by atoms with Gasteiger partial charge in [-0.3, -0.25) is 19.3 Å². The fraction of sp³-hybridized carbons (Fsp3) is 0.400. The average molecular weight is 421 g/mol. The van der Waals surface area contributed by atoms with Crippen LogP contribution >= 0.6 is 0 Å². The quantitative estimate of drug-likeness (QED) is 0.697. The van der Waals surface area contributed by atoms with E-state index in [1.807, 2.05) is 23.1 Å². The molecule has 0 unspecified atom stereocenters. The molecule has 3 amide bonds. The first-order valence-corrected chi connectivity index (χ1v) is 10.7. The van der Waals surface area contributed by atoms with Crippen molar-refractivity contribution >= 4 is 17.7 Å². The lowest BCUT2D eigenvalue weighted by Crippen LogP contribution is -2.44. The van der Waals surface area contributed by atoms with E-state index in [0.717, 1.165) is 17.7 Å². The molecule has 2 aromatic rings. The molecule has 0 saturated carbocycles. The standard InChI is InChI=1S/C25H28N2O4/c1-26-22(28)16-25(24(26)30,20-8-10-21(31-2)11-9-20)17-23(29)27-14-12-19(13-15-27)18-6-4-3-5-7-18/h3-11,19H,12-17H2,1-2H3/t25-/m1/s1. The lowest BCUT2D eigenvalue weighted by Gasteiger charge is -2.35.